The summed E-state index contributed by atoms with van der Waals surface area (Å²) in [4.78, 5) is 5.59. The van der Waals surface area contributed by atoms with E-state index in [1.165, 1.54) is 31.7 Å². The van der Waals surface area contributed by atoms with Crippen LogP contribution in [0.3, 0.4) is 0 Å². The number of fused-ring (bicyclic) bond motifs is 8. The number of aryl methyl sites for hydroxylation is 2. The Morgan fingerprint density at radius 2 is 0.520 bits per heavy atom. The summed E-state index contributed by atoms with van der Waals surface area (Å²) in [7, 11) is 0. The van der Waals surface area contributed by atoms with Crippen LogP contribution in [0.5, 0.6) is 0 Å². The predicted octanol–water partition coefficient (Wildman–Crippen LogP) is 22.5. The van der Waals surface area contributed by atoms with E-state index in [9.17, 15) is 19.2 Å². The lowest BCUT2D eigenvalue weighted by atomic mass is 9.33. The quantitative estimate of drug-likeness (QED) is 0.163. The van der Waals surface area contributed by atoms with E-state index >= 15 is 0 Å². The number of hydrogen-bond acceptors (Lipinski definition) is 4. The molecule has 0 unspecified atom stereocenters. The Balaban J connectivity index is 0.000000261. The lowest BCUT2D eigenvalue weighted by Gasteiger charge is -2.45. The second-order valence-electron chi connectivity index (χ2n) is 30.8. The molecule has 10 aromatic carbocycles. The third kappa shape index (κ3) is 12.6. The van der Waals surface area contributed by atoms with Gasteiger partial charge in [-0.05, 0) is 242 Å². The monoisotopic (exact) mass is 1370 g/mol. The lowest BCUT2D eigenvalue weighted by Crippen LogP contribution is -2.61. The summed E-state index contributed by atoms with van der Waals surface area (Å²) in [5, 5.41) is 0. The minimum absolute atomic E-state index is 0.00815. The van der Waals surface area contributed by atoms with Crippen LogP contribution in [0.1, 0.15) is 289 Å². The van der Waals surface area contributed by atoms with Crippen molar-refractivity contribution in [2.45, 2.75) is 222 Å². The van der Waals surface area contributed by atoms with Crippen LogP contribution in [0, 0.1) is 13.8 Å². The van der Waals surface area contributed by atoms with Crippen molar-refractivity contribution in [1.29, 1.82) is 0 Å². The average molecular weight is 1370 g/mol. The van der Waals surface area contributed by atoms with Crippen molar-refractivity contribution in [3.05, 3.63) is 249 Å². The Morgan fingerprint density at radius 3 is 0.820 bits per heavy atom. The zero-order chi connectivity index (χ0) is 114. The number of hydrogen-bond donors (Lipinski definition) is 0. The fraction of sp³-hybridized carbons (Fsp3) is 0.362. The van der Waals surface area contributed by atoms with Gasteiger partial charge < -0.3 is 19.6 Å². The molecule has 0 amide bonds. The van der Waals surface area contributed by atoms with E-state index in [-0.39, 0.29) is 178 Å². The lowest BCUT2D eigenvalue weighted by molar-refractivity contribution is 0.590. The molecule has 0 N–H and O–H groups in total. The van der Waals surface area contributed by atoms with Crippen LogP contribution < -0.4 is 52.4 Å². The van der Waals surface area contributed by atoms with Crippen LogP contribution in [0.4, 0.5) is 68.2 Å². The van der Waals surface area contributed by atoms with Gasteiger partial charge in [0.2, 0.25) is 0 Å². The molecule has 0 saturated carbocycles. The molecule has 0 fully saturated rings. The summed E-state index contributed by atoms with van der Waals surface area (Å²) in [6.07, 6.45) is 0. The first-order valence-corrected chi connectivity index (χ1v) is 32.8. The molecule has 4 aliphatic rings. The maximum absolute atomic E-state index is 10.1. The molecule has 0 bridgehead atoms. The van der Waals surface area contributed by atoms with Crippen molar-refractivity contribution < 1.29 is 68.5 Å². The standard InChI is InChI=1S/2C47H55BN2/c2*1-30-26-41-43-42(27-30)50(36-22-16-32(17-23-36)45(5,6)7)40-25-19-34(47(11,12)13)29-38(40)48(43)37-28-33(46(8,9)10)18-24-39(37)49(41)35-20-14-31(15-21-35)44(2,3)4/h2*14-29H,1-13H3/i14D,15D,16D,17D,18D,19D,20D,21D,22D,23D,24D,25D,28D,29D;2D3,3D3,4D3,5D3,6D3,7D3,8D3,9D3,10D3,11D3,12D3,13D3. The molecule has 0 aromatic heterocycles. The normalized spacial score (nSPS) is 23.2. The second kappa shape index (κ2) is 24.1. The SMILES string of the molecule is [2H]C([2H])([2H])C(c1ccc(N2c3ccc(C(C([2H])([2H])[2H])(C([2H])([2H])[2H])C([2H])([2H])[2H])cc3B3c4cc(C(C([2H])([2H])[2H])(C([2H])([2H])[2H])C([2H])([2H])[2H])ccc4N(c4ccc(C(C([2H])([2H])[2H])(C([2H])([2H])[2H])C([2H])([2H])[2H])cc4)c4cc(C)cc2c43)cc1)(C([2H])([2H])[2H])C([2H])([2H])[2H].[2H]c1c([2H])c(C(C)(C)C)c([2H])c([2H])c1N1c2cc(C)cc3c2B(c2c([2H])c(C(C)(C)C)c([2H])c([2H])c21)c1c([2H])c(C(C)(C)C)c([2H])c([2H])c1N3c1c([2H])c([2H])c(C(C)(C)C)c([2H])c1[2H]. The van der Waals surface area contributed by atoms with Gasteiger partial charge in [0.15, 0.2) is 0 Å². The van der Waals surface area contributed by atoms with Gasteiger partial charge in [0.25, 0.3) is 13.4 Å². The molecule has 0 radical (unpaired) electrons. The van der Waals surface area contributed by atoms with Crippen LogP contribution >= 0.6 is 0 Å². The number of rotatable bonds is 4. The first-order valence-electron chi connectivity index (χ1n) is 57.8. The molecule has 512 valence electrons. The van der Waals surface area contributed by atoms with Crippen molar-refractivity contribution in [3.63, 3.8) is 0 Å². The third-order valence-electron chi connectivity index (χ3n) is 18.6. The minimum Gasteiger partial charge on any atom is -0.311 e. The minimum atomic E-state index is -3.90. The fourth-order valence-corrected chi connectivity index (χ4v) is 13.4. The van der Waals surface area contributed by atoms with E-state index in [1.807, 2.05) is 41.5 Å². The van der Waals surface area contributed by atoms with Crippen molar-refractivity contribution in [1.82, 2.24) is 0 Å². The molecule has 4 nitrogen and oxygen atoms in total. The zero-order valence-electron chi connectivity index (χ0n) is 108. The van der Waals surface area contributed by atoms with Gasteiger partial charge in [-0.25, -0.2) is 0 Å². The number of nitrogens with zero attached hydrogens (tertiary/aromatic N) is 4. The van der Waals surface area contributed by atoms with Gasteiger partial charge in [-0.2, -0.15) is 0 Å². The van der Waals surface area contributed by atoms with Crippen molar-refractivity contribution in [2.75, 3.05) is 19.6 Å². The molecule has 0 atom stereocenters. The largest absolute Gasteiger partial charge is 0.311 e. The molecule has 0 saturated heterocycles. The molecule has 100 heavy (non-hydrogen) atoms. The molecule has 4 aliphatic heterocycles. The Morgan fingerprint density at radius 1 is 0.250 bits per heavy atom. The van der Waals surface area contributed by atoms with Crippen molar-refractivity contribution in [2.24, 2.45) is 0 Å². The highest BCUT2D eigenvalue weighted by Crippen LogP contribution is 2.49. The van der Waals surface area contributed by atoms with Gasteiger partial charge in [-0.15, -0.1) is 0 Å². The maximum Gasteiger partial charge on any atom is 0.252 e. The van der Waals surface area contributed by atoms with Crippen LogP contribution in [0.15, 0.2) is 194 Å². The van der Waals surface area contributed by atoms with E-state index in [0.717, 1.165) is 84.9 Å². The summed E-state index contributed by atoms with van der Waals surface area (Å²) in [5.74, 6) is 0. The first kappa shape index (κ1) is 31.8. The van der Waals surface area contributed by atoms with E-state index in [1.54, 1.807) is 67.5 Å². The Bertz CT molecular complexity index is 6520. The van der Waals surface area contributed by atoms with Crippen LogP contribution in [-0.2, 0) is 43.3 Å². The van der Waals surface area contributed by atoms with Gasteiger partial charge in [-0.1, -0.05) is 262 Å². The van der Waals surface area contributed by atoms with Gasteiger partial charge in [0.1, 0.15) is 0 Å². The van der Waals surface area contributed by atoms with Crippen LogP contribution in [-0.4, -0.2) is 13.4 Å². The number of benzene rings is 10. The Kier molecular flexibility index (Phi) is 7.67. The Hall–Kier alpha value is -8.47. The second-order valence-corrected chi connectivity index (χ2v) is 30.8. The molecule has 10 aromatic rings. The fourth-order valence-electron chi connectivity index (χ4n) is 13.4. The van der Waals surface area contributed by atoms with E-state index in [4.69, 9.17) is 49.3 Å². The van der Waals surface area contributed by atoms with Gasteiger partial charge >= 0.3 is 0 Å². The number of anilines is 12. The van der Waals surface area contributed by atoms with Gasteiger partial charge in [0.05, 0.1) is 19.2 Å². The molecule has 14 rings (SSSR count). The van der Waals surface area contributed by atoms with E-state index < -0.39 is 185 Å². The summed E-state index contributed by atoms with van der Waals surface area (Å²) in [6.45, 7) is -23.6. The molecule has 0 aliphatic carbocycles. The highest BCUT2D eigenvalue weighted by Gasteiger charge is 2.47. The smallest absolute Gasteiger partial charge is 0.252 e. The van der Waals surface area contributed by atoms with Crippen LogP contribution in [0.2, 0.25) is 0 Å². The molecular weight excluding hydrogens is 1210 g/mol. The summed E-state index contributed by atoms with van der Waals surface area (Å²) in [5.41, 5.74) is -19.7. The van der Waals surface area contributed by atoms with Crippen molar-refractivity contribution >= 4 is 114 Å². The maximum atomic E-state index is 10.1. The van der Waals surface area contributed by atoms with Crippen LogP contribution in [0.25, 0.3) is 0 Å². The first-order chi connectivity index (χ1) is 67.3. The molecule has 4 heterocycles. The predicted molar refractivity (Wildman–Crippen MR) is 440 cm³/mol. The van der Waals surface area contributed by atoms with E-state index in [2.05, 4.69) is 0 Å². The summed E-state index contributed by atoms with van der Waals surface area (Å²) < 4.78 is 441. The van der Waals surface area contributed by atoms with Crippen molar-refractivity contribution in [3.8, 4) is 0 Å². The topological polar surface area (TPSA) is 13.0 Å². The summed E-state index contributed by atoms with van der Waals surface area (Å²) in [6, 6.07) is 16.2. The van der Waals surface area contributed by atoms with Gasteiger partial charge in [0, 0.05) is 118 Å². The highest BCUT2D eigenvalue weighted by molar-refractivity contribution is 7.01. The Labute approximate surface area is 673 Å². The highest BCUT2D eigenvalue weighted by atomic mass is 15.2. The van der Waals surface area contributed by atoms with E-state index in [0.29, 0.717) is 16.6 Å². The zero-order valence-corrected chi connectivity index (χ0v) is 58.3. The third-order valence-corrected chi connectivity index (χ3v) is 18.6. The molecule has 6 heteroatoms. The average Bonchev–Trinajstić information content (AvgIpc) is 0.657. The molecule has 0 spiro atoms. The summed E-state index contributed by atoms with van der Waals surface area (Å²) >= 11 is 0. The molecular formula is C94H110B2N4. The van der Waals surface area contributed by atoms with Gasteiger partial charge in [-0.3, -0.25) is 0 Å².